The summed E-state index contributed by atoms with van der Waals surface area (Å²) in [4.78, 5) is 82.3. The predicted molar refractivity (Wildman–Crippen MR) is 438 cm³/mol. The molecule has 0 aromatic heterocycles. The van der Waals surface area contributed by atoms with Gasteiger partial charge in [-0.15, -0.1) is 0 Å². The Labute approximate surface area is 657 Å². The second kappa shape index (κ2) is 65.2. The van der Waals surface area contributed by atoms with Crippen LogP contribution < -0.4 is 21.3 Å². The Morgan fingerprint density at radius 1 is 0.358 bits per heavy atom. The minimum absolute atomic E-state index is 0.0601. The average molecular weight is 1540 g/mol. The van der Waals surface area contributed by atoms with Crippen LogP contribution in [0.4, 0.5) is 4.79 Å². The van der Waals surface area contributed by atoms with Crippen molar-refractivity contribution in [1.82, 2.24) is 21.3 Å². The lowest BCUT2D eigenvalue weighted by Gasteiger charge is -2.23. The Kier molecular flexibility index (Phi) is 56.8. The van der Waals surface area contributed by atoms with E-state index >= 15 is 0 Å². The van der Waals surface area contributed by atoms with Gasteiger partial charge >= 0.3 is 25.9 Å². The van der Waals surface area contributed by atoms with Gasteiger partial charge in [-0.25, -0.2) is 9.36 Å². The van der Waals surface area contributed by atoms with Crippen LogP contribution in [0.15, 0.2) is 121 Å². The van der Waals surface area contributed by atoms with Crippen LogP contribution in [0.1, 0.15) is 332 Å². The van der Waals surface area contributed by atoms with E-state index in [4.69, 9.17) is 32.5 Å². The van der Waals surface area contributed by atoms with Crippen molar-refractivity contribution in [1.29, 1.82) is 0 Å². The third-order valence-electron chi connectivity index (χ3n) is 19.8. The lowest BCUT2D eigenvalue weighted by Crippen LogP contribution is -2.48. The van der Waals surface area contributed by atoms with Crippen LogP contribution in [0.25, 0.3) is 0 Å². The number of esters is 2. The van der Waals surface area contributed by atoms with Gasteiger partial charge in [-0.1, -0.05) is 348 Å². The van der Waals surface area contributed by atoms with Crippen molar-refractivity contribution >= 4 is 43.6 Å². The first kappa shape index (κ1) is 94.9. The maximum absolute atomic E-state index is 14.6. The Morgan fingerprint density at radius 3 is 1.22 bits per heavy atom. The van der Waals surface area contributed by atoms with Crippen LogP contribution in [0.3, 0.4) is 0 Å². The third-order valence-corrected chi connectivity index (χ3v) is 21.2. The maximum Gasteiger partial charge on any atom is 0.475 e. The van der Waals surface area contributed by atoms with Crippen molar-refractivity contribution in [2.75, 3.05) is 26.3 Å². The smallest absolute Gasteiger partial charge is 0.463 e. The van der Waals surface area contributed by atoms with Gasteiger partial charge < -0.3 is 40.2 Å². The van der Waals surface area contributed by atoms with Gasteiger partial charge in [-0.2, -0.15) is 0 Å². The molecule has 4 aromatic rings. The molecule has 0 bridgehead atoms. The molecular weight excluding hydrogens is 1390 g/mol. The van der Waals surface area contributed by atoms with E-state index in [0.29, 0.717) is 45.3 Å². The molecule has 0 saturated carbocycles. The van der Waals surface area contributed by atoms with E-state index in [-0.39, 0.29) is 95.6 Å². The fraction of sp³-hybridized carbons (Fsp3) is 0.667. The predicted octanol–water partition coefficient (Wildman–Crippen LogP) is 22.2. The number of nitrogens with one attached hydrogen (secondary N) is 4. The molecule has 0 aliphatic heterocycles. The highest BCUT2D eigenvalue weighted by Crippen LogP contribution is 2.51. The van der Waals surface area contributed by atoms with E-state index in [1.54, 1.807) is 0 Å². The minimum atomic E-state index is -4.28. The number of hydrogen-bond acceptors (Lipinski definition) is 14. The molecule has 0 radical (unpaired) electrons. The van der Waals surface area contributed by atoms with Crippen LogP contribution in [-0.4, -0.2) is 86.3 Å². The van der Waals surface area contributed by atoms with Crippen LogP contribution in [0.5, 0.6) is 0 Å². The Bertz CT molecular complexity index is 2900. The average Bonchev–Trinajstić information content (AvgIpc) is 0.868. The molecule has 4 atom stereocenters. The molecule has 0 heterocycles. The molecule has 0 spiro atoms. The highest BCUT2D eigenvalue weighted by molar-refractivity contribution is 7.48. The first-order valence-corrected chi connectivity index (χ1v) is 44.3. The molecule has 18 nitrogen and oxygen atoms in total. The molecular formula is C90H143N4O14P. The van der Waals surface area contributed by atoms with Crippen LogP contribution >= 0.6 is 7.82 Å². The summed E-state index contributed by atoms with van der Waals surface area (Å²) < 4.78 is 56.2. The SMILES string of the molecule is CCCCCCCCCCCC(=O)O[C@H](CCCCCCCCCCC)CC(=O)N[C@@H](CCOP(=O)(OCc1ccccc1)OCc1ccccc1)C(=O)NCCC[C@H](COC(=O)CCCCCCCCCCCNC(=O)OCc1ccccc1)NC(=O)C[C@@H](CCCCCCCCCCC)OCc1ccccc1. The van der Waals surface area contributed by atoms with Crippen LogP contribution in [0.2, 0.25) is 0 Å². The zero-order valence-corrected chi connectivity index (χ0v) is 68.4. The first-order valence-electron chi connectivity index (χ1n) is 42.8. The number of phosphoric acid groups is 1. The lowest BCUT2D eigenvalue weighted by molar-refractivity contribution is -0.151. The second-order valence-corrected chi connectivity index (χ2v) is 31.4. The van der Waals surface area contributed by atoms with E-state index in [1.165, 1.54) is 103 Å². The first-order chi connectivity index (χ1) is 53.4. The number of phosphoric ester groups is 1. The fourth-order valence-electron chi connectivity index (χ4n) is 13.2. The number of unbranched alkanes of at least 4 members (excludes halogenated alkanes) is 32. The molecule has 4 amide bonds. The van der Waals surface area contributed by atoms with Crippen molar-refractivity contribution in [2.24, 2.45) is 0 Å². The largest absolute Gasteiger partial charge is 0.475 e. The number of alkyl carbamates (subject to hydrolysis) is 1. The summed E-state index contributed by atoms with van der Waals surface area (Å²) in [5, 5.41) is 12.0. The molecule has 0 fully saturated rings. The summed E-state index contributed by atoms with van der Waals surface area (Å²) in [6, 6.07) is 36.3. The molecule has 612 valence electrons. The normalized spacial score (nSPS) is 12.5. The summed E-state index contributed by atoms with van der Waals surface area (Å²) >= 11 is 0. The quantitative estimate of drug-likeness (QED) is 0.0139. The van der Waals surface area contributed by atoms with E-state index in [2.05, 4.69) is 42.0 Å². The Balaban J connectivity index is 1.44. The van der Waals surface area contributed by atoms with Crippen LogP contribution in [-0.2, 0) is 87.5 Å². The summed E-state index contributed by atoms with van der Waals surface area (Å²) in [5.41, 5.74) is 3.46. The molecule has 0 aliphatic carbocycles. The maximum atomic E-state index is 14.6. The van der Waals surface area contributed by atoms with Gasteiger partial charge in [-0.3, -0.25) is 37.5 Å². The van der Waals surface area contributed by atoms with E-state index in [0.717, 1.165) is 144 Å². The summed E-state index contributed by atoms with van der Waals surface area (Å²) in [5.74, 6) is -1.90. The van der Waals surface area contributed by atoms with E-state index in [1.807, 2.05) is 121 Å². The fourth-order valence-corrected chi connectivity index (χ4v) is 14.4. The zero-order valence-electron chi connectivity index (χ0n) is 67.5. The van der Waals surface area contributed by atoms with E-state index < -0.39 is 43.9 Å². The topological polar surface area (TPSA) is 232 Å². The molecule has 4 rings (SSSR count). The highest BCUT2D eigenvalue weighted by Gasteiger charge is 2.31. The van der Waals surface area contributed by atoms with Gasteiger partial charge in [0.05, 0.1) is 51.4 Å². The van der Waals surface area contributed by atoms with Crippen molar-refractivity contribution in [3.63, 3.8) is 0 Å². The number of ether oxygens (including phenoxy) is 4. The summed E-state index contributed by atoms with van der Waals surface area (Å²) in [6.45, 7) is 7.49. The van der Waals surface area contributed by atoms with Gasteiger partial charge in [0.1, 0.15) is 25.4 Å². The number of hydrogen-bond donors (Lipinski definition) is 4. The molecule has 0 aliphatic rings. The highest BCUT2D eigenvalue weighted by atomic mass is 31.2. The summed E-state index contributed by atoms with van der Waals surface area (Å²) in [6.07, 6.45) is 40.3. The molecule has 19 heteroatoms. The monoisotopic (exact) mass is 1540 g/mol. The number of benzene rings is 4. The number of amides is 4. The Morgan fingerprint density at radius 2 is 0.743 bits per heavy atom. The van der Waals surface area contributed by atoms with Gasteiger partial charge in [0.15, 0.2) is 0 Å². The van der Waals surface area contributed by atoms with Gasteiger partial charge in [-0.05, 0) is 73.6 Å². The number of rotatable bonds is 71. The van der Waals surface area contributed by atoms with Gasteiger partial charge in [0.2, 0.25) is 17.7 Å². The number of carbonyl (C=O) groups is 6. The van der Waals surface area contributed by atoms with Crippen molar-refractivity contribution in [2.45, 2.75) is 360 Å². The summed E-state index contributed by atoms with van der Waals surface area (Å²) in [7, 11) is -4.28. The Hall–Kier alpha value is -6.43. The minimum Gasteiger partial charge on any atom is -0.463 e. The van der Waals surface area contributed by atoms with E-state index in [9.17, 15) is 33.3 Å². The van der Waals surface area contributed by atoms with Crippen molar-refractivity contribution in [3.05, 3.63) is 144 Å². The molecule has 4 N–H and O–H groups in total. The van der Waals surface area contributed by atoms with Crippen molar-refractivity contribution in [3.8, 4) is 0 Å². The van der Waals surface area contributed by atoms with Gasteiger partial charge in [0.25, 0.3) is 0 Å². The molecule has 4 aromatic carbocycles. The van der Waals surface area contributed by atoms with Gasteiger partial charge in [0, 0.05) is 32.4 Å². The molecule has 109 heavy (non-hydrogen) atoms. The third kappa shape index (κ3) is 52.4. The molecule has 0 unspecified atom stereocenters. The van der Waals surface area contributed by atoms with Crippen molar-refractivity contribution < 1.29 is 65.9 Å². The molecule has 0 saturated heterocycles. The lowest BCUT2D eigenvalue weighted by atomic mass is 10.0. The van der Waals surface area contributed by atoms with Crippen LogP contribution in [0, 0.1) is 0 Å². The second-order valence-electron chi connectivity index (χ2n) is 29.8. The number of carbonyl (C=O) groups excluding carboxylic acids is 6. The zero-order chi connectivity index (χ0) is 78.0. The standard InChI is InChI=1S/C90H143N4O14P/c1-4-7-10-13-16-20-25-30-47-62-82(102-72-77-53-39-35-40-54-77)70-85(95)93-81(76-103-87(97)64-49-32-27-23-19-24-29-34-51-67-92-90(100)104-73-78-55-41-36-42-56-78)61-52-68-91-89(99)84(66-69-105-109(101,106-74-79-57-43-37-44-58-79)107-75-80-59-45-38-46-60-80)94-86(96)71-83(63-48-31-26-21-17-14-11-8-5-2)108-88(98)65-50-33-28-22-18-15-12-9-6-3/h35-46,53-60,81-84H,4-34,47-52,61-76H2,1-3H3,(H,91,99)(H,92,100)(H,93,95)(H,94,96)/t81-,82-,83-,84+/m1/s1.